The minimum absolute atomic E-state index is 0.0338. The highest BCUT2D eigenvalue weighted by Crippen LogP contribution is 2.14. The van der Waals surface area contributed by atoms with Gasteiger partial charge in [-0.2, -0.15) is 0 Å². The van der Waals surface area contributed by atoms with Crippen molar-refractivity contribution in [2.24, 2.45) is 0 Å². The highest BCUT2D eigenvalue weighted by atomic mass is 16.5. The van der Waals surface area contributed by atoms with Crippen LogP contribution in [-0.4, -0.2) is 28.5 Å². The molecule has 0 radical (unpaired) electrons. The summed E-state index contributed by atoms with van der Waals surface area (Å²) in [6, 6.07) is 9.17. The van der Waals surface area contributed by atoms with Crippen LogP contribution in [0.4, 0.5) is 5.69 Å². The lowest BCUT2D eigenvalue weighted by Gasteiger charge is -2.14. The molecule has 124 valence electrons. The average Bonchev–Trinajstić information content (AvgIpc) is 2.53. The van der Waals surface area contributed by atoms with Crippen molar-refractivity contribution in [2.75, 3.05) is 12.8 Å². The third-order valence-corrected chi connectivity index (χ3v) is 2.98. The molecule has 0 amide bonds. The molecule has 1 heterocycles. The Bertz CT molecular complexity index is 688. The Morgan fingerprint density at radius 1 is 1.26 bits per heavy atom. The summed E-state index contributed by atoms with van der Waals surface area (Å²) in [6.07, 6.45) is 1.96. The molecule has 0 aliphatic heterocycles. The van der Waals surface area contributed by atoms with Gasteiger partial charge >= 0.3 is 0 Å². The second-order valence-electron chi connectivity index (χ2n) is 5.80. The van der Waals surface area contributed by atoms with Crippen LogP contribution in [0.25, 0.3) is 11.4 Å². The zero-order chi connectivity index (χ0) is 17.5. The zero-order valence-corrected chi connectivity index (χ0v) is 13.9. The van der Waals surface area contributed by atoms with Gasteiger partial charge in [-0.1, -0.05) is 30.3 Å². The lowest BCUT2D eigenvalue weighted by atomic mass is 10.2. The van der Waals surface area contributed by atoms with Gasteiger partial charge in [0.1, 0.15) is 17.8 Å². The first-order valence-electron chi connectivity index (χ1n) is 7.19. The van der Waals surface area contributed by atoms with Gasteiger partial charge < -0.3 is 15.3 Å². The van der Waals surface area contributed by atoms with E-state index in [1.165, 1.54) is 10.8 Å². The molecule has 0 fully saturated rings. The van der Waals surface area contributed by atoms with Crippen molar-refractivity contribution < 1.29 is 9.53 Å². The number of benzene rings is 1. The van der Waals surface area contributed by atoms with E-state index in [2.05, 4.69) is 4.98 Å². The maximum atomic E-state index is 11.8. The fourth-order valence-electron chi connectivity index (χ4n) is 1.57. The predicted molar refractivity (Wildman–Crippen MR) is 91.2 cm³/mol. The number of hydrogen-bond acceptors (Lipinski definition) is 5. The summed E-state index contributed by atoms with van der Waals surface area (Å²) in [4.78, 5) is 26.5. The van der Waals surface area contributed by atoms with Crippen LogP contribution in [0, 0.1) is 0 Å². The van der Waals surface area contributed by atoms with Gasteiger partial charge in [-0.05, 0) is 20.8 Å². The minimum Gasteiger partial charge on any atom is -0.393 e. The fourth-order valence-corrected chi connectivity index (χ4v) is 1.57. The quantitative estimate of drug-likeness (QED) is 0.876. The molecule has 1 aromatic carbocycles. The Balaban J connectivity index is 0.000000379. The molecular formula is C17H23N3O3. The first-order valence-corrected chi connectivity index (χ1v) is 7.19. The number of carbonyl (C=O) groups is 1. The van der Waals surface area contributed by atoms with Gasteiger partial charge in [0.05, 0.1) is 18.3 Å². The average molecular weight is 317 g/mol. The molecule has 1 aromatic heterocycles. The number of carbonyl (C=O) groups excluding carboxylic acids is 1. The Kier molecular flexibility index (Phi) is 6.65. The molecule has 0 aliphatic rings. The molecule has 2 aromatic rings. The zero-order valence-electron chi connectivity index (χ0n) is 13.9. The summed E-state index contributed by atoms with van der Waals surface area (Å²) in [7, 11) is 1.71. The highest BCUT2D eigenvalue weighted by Gasteiger charge is 2.09. The SMILES string of the molecule is COC(C)(C)C.Nc1cnc(-c2ccccc2)n(CC=O)c1=O. The van der Waals surface area contributed by atoms with E-state index in [-0.39, 0.29) is 17.8 Å². The number of methoxy groups -OCH3 is 1. The Morgan fingerprint density at radius 3 is 2.30 bits per heavy atom. The van der Waals surface area contributed by atoms with Gasteiger partial charge in [0.25, 0.3) is 5.56 Å². The molecule has 6 nitrogen and oxygen atoms in total. The van der Waals surface area contributed by atoms with E-state index in [0.717, 1.165) is 5.56 Å². The molecule has 0 aliphatic carbocycles. The second-order valence-corrected chi connectivity index (χ2v) is 5.80. The van der Waals surface area contributed by atoms with Gasteiger partial charge in [0.2, 0.25) is 0 Å². The number of anilines is 1. The minimum atomic E-state index is -0.397. The van der Waals surface area contributed by atoms with E-state index >= 15 is 0 Å². The van der Waals surface area contributed by atoms with Gasteiger partial charge in [0, 0.05) is 12.7 Å². The first-order chi connectivity index (χ1) is 10.8. The lowest BCUT2D eigenvalue weighted by Crippen LogP contribution is -2.26. The molecule has 0 spiro atoms. The lowest BCUT2D eigenvalue weighted by molar-refractivity contribution is -0.108. The summed E-state index contributed by atoms with van der Waals surface area (Å²) in [5, 5.41) is 0. The molecular weight excluding hydrogens is 294 g/mol. The topological polar surface area (TPSA) is 87.2 Å². The monoisotopic (exact) mass is 317 g/mol. The predicted octanol–water partition coefficient (Wildman–Crippen LogP) is 2.12. The molecule has 0 unspecified atom stereocenters. The summed E-state index contributed by atoms with van der Waals surface area (Å²) < 4.78 is 6.20. The van der Waals surface area contributed by atoms with Gasteiger partial charge in [-0.25, -0.2) is 4.98 Å². The normalized spacial score (nSPS) is 10.6. The molecule has 0 saturated heterocycles. The molecule has 23 heavy (non-hydrogen) atoms. The van der Waals surface area contributed by atoms with E-state index < -0.39 is 5.56 Å². The van der Waals surface area contributed by atoms with Crippen LogP contribution >= 0.6 is 0 Å². The fraction of sp³-hybridized carbons (Fsp3) is 0.353. The van der Waals surface area contributed by atoms with Crippen LogP contribution in [0.1, 0.15) is 20.8 Å². The molecule has 0 bridgehead atoms. The summed E-state index contributed by atoms with van der Waals surface area (Å²) in [6.45, 7) is 6.01. The van der Waals surface area contributed by atoms with Crippen molar-refractivity contribution in [3.05, 3.63) is 46.9 Å². The number of hydrogen-bond donors (Lipinski definition) is 1. The Morgan fingerprint density at radius 2 is 1.83 bits per heavy atom. The van der Waals surface area contributed by atoms with Crippen molar-refractivity contribution in [1.82, 2.24) is 9.55 Å². The van der Waals surface area contributed by atoms with Gasteiger partial charge in [0.15, 0.2) is 0 Å². The molecule has 2 N–H and O–H groups in total. The highest BCUT2D eigenvalue weighted by molar-refractivity contribution is 5.59. The molecule has 0 saturated carbocycles. The molecule has 6 heteroatoms. The van der Waals surface area contributed by atoms with Gasteiger partial charge in [-0.3, -0.25) is 9.36 Å². The van der Waals surface area contributed by atoms with E-state index in [0.29, 0.717) is 12.1 Å². The number of nitrogens with zero attached hydrogens (tertiary/aromatic N) is 2. The maximum Gasteiger partial charge on any atom is 0.277 e. The van der Waals surface area contributed by atoms with E-state index in [4.69, 9.17) is 10.5 Å². The molecule has 0 atom stereocenters. The first kappa shape index (κ1) is 18.6. The van der Waals surface area contributed by atoms with Gasteiger partial charge in [-0.15, -0.1) is 0 Å². The smallest absolute Gasteiger partial charge is 0.277 e. The van der Waals surface area contributed by atoms with E-state index in [9.17, 15) is 9.59 Å². The number of ether oxygens (including phenoxy) is 1. The van der Waals surface area contributed by atoms with E-state index in [1.54, 1.807) is 7.11 Å². The van der Waals surface area contributed by atoms with Crippen LogP contribution in [0.5, 0.6) is 0 Å². The second kappa shape index (κ2) is 8.24. The van der Waals surface area contributed by atoms with Crippen molar-refractivity contribution in [3.63, 3.8) is 0 Å². The third kappa shape index (κ3) is 5.67. The Hall–Kier alpha value is -2.47. The summed E-state index contributed by atoms with van der Waals surface area (Å²) >= 11 is 0. The summed E-state index contributed by atoms with van der Waals surface area (Å²) in [5.41, 5.74) is 5.93. The molecule has 2 rings (SSSR count). The number of rotatable bonds is 3. The Labute approximate surface area is 135 Å². The van der Waals surface area contributed by atoms with Crippen molar-refractivity contribution in [3.8, 4) is 11.4 Å². The van der Waals surface area contributed by atoms with Crippen LogP contribution in [0.3, 0.4) is 0 Å². The van der Waals surface area contributed by atoms with Crippen LogP contribution < -0.4 is 11.3 Å². The van der Waals surface area contributed by atoms with E-state index in [1.807, 2.05) is 51.1 Å². The van der Waals surface area contributed by atoms with Crippen LogP contribution in [-0.2, 0) is 16.1 Å². The number of nitrogens with two attached hydrogens (primary N) is 1. The van der Waals surface area contributed by atoms with Crippen molar-refractivity contribution >= 4 is 12.0 Å². The number of aromatic nitrogens is 2. The number of nitrogen functional groups attached to an aromatic ring is 1. The van der Waals surface area contributed by atoms with Crippen molar-refractivity contribution in [1.29, 1.82) is 0 Å². The third-order valence-electron chi connectivity index (χ3n) is 2.98. The largest absolute Gasteiger partial charge is 0.393 e. The number of aldehydes is 1. The van der Waals surface area contributed by atoms with Crippen LogP contribution in [0.2, 0.25) is 0 Å². The maximum absolute atomic E-state index is 11.8. The standard InChI is InChI=1S/C12H11N3O2.C5H12O/c13-10-8-14-11(9-4-2-1-3-5-9)15(6-7-16)12(10)17;1-5(2,3)6-4/h1-5,7-8H,6,13H2;1-4H3. The summed E-state index contributed by atoms with van der Waals surface area (Å²) in [5.74, 6) is 0.442. The van der Waals surface area contributed by atoms with Crippen molar-refractivity contribution in [2.45, 2.75) is 32.9 Å². The van der Waals surface area contributed by atoms with Crippen LogP contribution in [0.15, 0.2) is 41.3 Å².